The Balaban J connectivity index is 1.32. The summed E-state index contributed by atoms with van der Waals surface area (Å²) in [6, 6.07) is 24.4. The Bertz CT molecular complexity index is 1200. The zero-order valence-corrected chi connectivity index (χ0v) is 24.1. The molecule has 2 fully saturated rings. The third kappa shape index (κ3) is 7.39. The normalized spacial score (nSPS) is 22.9. The number of amides is 2. The zero-order valence-electron chi connectivity index (χ0n) is 23.3. The number of likely N-dealkylation sites (tertiary alicyclic amines) is 1. The van der Waals surface area contributed by atoms with Gasteiger partial charge in [0, 0.05) is 32.2 Å². The van der Waals surface area contributed by atoms with Gasteiger partial charge in [0.2, 0.25) is 5.91 Å². The molecule has 212 valence electrons. The smallest absolute Gasteiger partial charge is 0.264 e. The lowest BCUT2D eigenvalue weighted by atomic mass is 9.81. The van der Waals surface area contributed by atoms with Crippen LogP contribution in [0.1, 0.15) is 52.9 Å². The maximum Gasteiger partial charge on any atom is 0.264 e. The van der Waals surface area contributed by atoms with Crippen molar-refractivity contribution in [1.82, 2.24) is 15.1 Å². The lowest BCUT2D eigenvalue weighted by Gasteiger charge is -2.29. The van der Waals surface area contributed by atoms with Gasteiger partial charge in [0.15, 0.2) is 0 Å². The Morgan fingerprint density at radius 3 is 2.35 bits per heavy atom. The molecule has 3 aromatic rings. The lowest BCUT2D eigenvalue weighted by molar-refractivity contribution is -0.125. The van der Waals surface area contributed by atoms with Gasteiger partial charge in [0.05, 0.1) is 4.88 Å². The summed E-state index contributed by atoms with van der Waals surface area (Å²) in [5.74, 6) is 0.955. The first-order valence-corrected chi connectivity index (χ1v) is 15.6. The second kappa shape index (κ2) is 14.1. The predicted octanol–water partition coefficient (Wildman–Crippen LogP) is 4.96. The quantitative estimate of drug-likeness (QED) is 0.349. The van der Waals surface area contributed by atoms with Crippen LogP contribution in [0.5, 0.6) is 0 Å². The van der Waals surface area contributed by atoms with Crippen molar-refractivity contribution < 1.29 is 9.59 Å². The van der Waals surface area contributed by atoms with Gasteiger partial charge in [0.25, 0.3) is 5.91 Å². The summed E-state index contributed by atoms with van der Waals surface area (Å²) in [4.78, 5) is 32.3. The maximum atomic E-state index is 13.7. The molecule has 2 amide bonds. The van der Waals surface area contributed by atoms with E-state index in [1.807, 2.05) is 34.5 Å². The van der Waals surface area contributed by atoms with Gasteiger partial charge in [-0.1, -0.05) is 73.2 Å². The fourth-order valence-corrected chi connectivity index (χ4v) is 7.06. The molecule has 2 aliphatic rings. The molecule has 7 heteroatoms. The van der Waals surface area contributed by atoms with Crippen LogP contribution in [0.4, 0.5) is 0 Å². The molecular weight excluding hydrogens is 516 g/mol. The molecule has 1 saturated carbocycles. The van der Waals surface area contributed by atoms with Gasteiger partial charge >= 0.3 is 0 Å². The molecule has 4 atom stereocenters. The van der Waals surface area contributed by atoms with Crippen LogP contribution in [0.25, 0.3) is 0 Å². The minimum atomic E-state index is -0.469. The molecule has 2 aromatic carbocycles. The Labute approximate surface area is 242 Å². The minimum absolute atomic E-state index is 0.0231. The monoisotopic (exact) mass is 558 g/mol. The third-order valence-corrected chi connectivity index (χ3v) is 9.50. The predicted molar refractivity (Wildman–Crippen MR) is 162 cm³/mol. The third-order valence-electron chi connectivity index (χ3n) is 8.64. The van der Waals surface area contributed by atoms with Crippen LogP contribution in [-0.2, 0) is 17.8 Å². The van der Waals surface area contributed by atoms with E-state index in [2.05, 4.69) is 58.7 Å². The number of nitrogens with zero attached hydrogens (tertiary/aromatic N) is 2. The molecule has 0 spiro atoms. The highest BCUT2D eigenvalue weighted by Gasteiger charge is 2.42. The summed E-state index contributed by atoms with van der Waals surface area (Å²) in [6.45, 7) is 3.59. The highest BCUT2D eigenvalue weighted by atomic mass is 32.1. The number of carbonyl (C=O) groups is 2. The lowest BCUT2D eigenvalue weighted by Crippen LogP contribution is -2.47. The van der Waals surface area contributed by atoms with Crippen molar-refractivity contribution in [3.05, 3.63) is 94.2 Å². The first-order chi connectivity index (χ1) is 19.6. The Morgan fingerprint density at radius 1 is 0.925 bits per heavy atom. The number of benzene rings is 2. The van der Waals surface area contributed by atoms with Gasteiger partial charge in [-0.2, -0.15) is 0 Å². The summed E-state index contributed by atoms with van der Waals surface area (Å²) >= 11 is 1.44. The summed E-state index contributed by atoms with van der Waals surface area (Å²) in [7, 11) is 0. The van der Waals surface area contributed by atoms with Crippen LogP contribution in [0, 0.1) is 11.8 Å². The second-order valence-electron chi connectivity index (χ2n) is 11.4. The Kier molecular flexibility index (Phi) is 10.0. The number of thiophene rings is 1. The van der Waals surface area contributed by atoms with E-state index in [4.69, 9.17) is 5.73 Å². The van der Waals surface area contributed by atoms with E-state index >= 15 is 0 Å². The molecule has 1 aliphatic heterocycles. The molecule has 4 unspecified atom stereocenters. The molecule has 6 nitrogen and oxygen atoms in total. The Morgan fingerprint density at radius 2 is 1.65 bits per heavy atom. The fourth-order valence-electron chi connectivity index (χ4n) is 6.38. The molecule has 5 rings (SSSR count). The topological polar surface area (TPSA) is 78.7 Å². The van der Waals surface area contributed by atoms with E-state index in [1.54, 1.807) is 0 Å². The number of hydrogen-bond acceptors (Lipinski definition) is 5. The standard InChI is InChI=1S/C33H42N4O2S/c34-21-27-13-7-14-28(19-27)22-35-32(38)30-20-29(24-37(30)33(39)31-15-8-18-40-31)36(23-26-11-5-2-6-12-26)17-16-25-9-3-1-4-10-25/h1-6,8-12,15,18,27-30H,7,13-14,16-17,19-24,34H2,(H,35,38). The van der Waals surface area contributed by atoms with E-state index in [0.29, 0.717) is 36.2 Å². The number of carbonyl (C=O) groups excluding carboxylic acids is 2. The van der Waals surface area contributed by atoms with E-state index in [9.17, 15) is 9.59 Å². The van der Waals surface area contributed by atoms with Gasteiger partial charge in [0.1, 0.15) is 6.04 Å². The van der Waals surface area contributed by atoms with Crippen LogP contribution in [0.2, 0.25) is 0 Å². The van der Waals surface area contributed by atoms with Crippen molar-refractivity contribution in [2.24, 2.45) is 17.6 Å². The average molecular weight is 559 g/mol. The molecular formula is C33H42N4O2S. The van der Waals surface area contributed by atoms with E-state index in [-0.39, 0.29) is 17.9 Å². The van der Waals surface area contributed by atoms with Crippen LogP contribution in [0.15, 0.2) is 78.2 Å². The zero-order chi connectivity index (χ0) is 27.7. The molecule has 3 N–H and O–H groups in total. The molecule has 1 aliphatic carbocycles. The average Bonchev–Trinajstić information content (AvgIpc) is 3.70. The summed E-state index contributed by atoms with van der Waals surface area (Å²) in [6.07, 6.45) is 6.13. The number of rotatable bonds is 11. The highest BCUT2D eigenvalue weighted by molar-refractivity contribution is 7.12. The SMILES string of the molecule is NCC1CCCC(CNC(=O)C2CC(N(CCc3ccccc3)Cc3ccccc3)CN2C(=O)c2cccs2)C1. The van der Waals surface area contributed by atoms with Gasteiger partial charge in [-0.3, -0.25) is 14.5 Å². The van der Waals surface area contributed by atoms with Gasteiger partial charge in [-0.25, -0.2) is 0 Å². The van der Waals surface area contributed by atoms with Gasteiger partial charge in [-0.05, 0) is 73.1 Å². The minimum Gasteiger partial charge on any atom is -0.354 e. The molecule has 1 saturated heterocycles. The first-order valence-electron chi connectivity index (χ1n) is 14.7. The van der Waals surface area contributed by atoms with E-state index < -0.39 is 6.04 Å². The largest absolute Gasteiger partial charge is 0.354 e. The number of hydrogen-bond donors (Lipinski definition) is 2. The number of nitrogens with one attached hydrogen (secondary N) is 1. The Hall–Kier alpha value is -3.00. The maximum absolute atomic E-state index is 13.7. The van der Waals surface area contributed by atoms with Crippen LogP contribution >= 0.6 is 11.3 Å². The van der Waals surface area contributed by atoms with Crippen LogP contribution in [0.3, 0.4) is 0 Å². The van der Waals surface area contributed by atoms with Crippen molar-refractivity contribution in [2.45, 2.75) is 57.2 Å². The molecule has 1 aromatic heterocycles. The van der Waals surface area contributed by atoms with Crippen molar-refractivity contribution in [3.8, 4) is 0 Å². The van der Waals surface area contributed by atoms with Crippen molar-refractivity contribution in [3.63, 3.8) is 0 Å². The second-order valence-corrected chi connectivity index (χ2v) is 12.4. The molecule has 2 heterocycles. The summed E-state index contributed by atoms with van der Waals surface area (Å²) < 4.78 is 0. The summed E-state index contributed by atoms with van der Waals surface area (Å²) in [5, 5.41) is 5.17. The molecule has 40 heavy (non-hydrogen) atoms. The van der Waals surface area contributed by atoms with Gasteiger partial charge in [-0.15, -0.1) is 11.3 Å². The molecule has 0 radical (unpaired) electrons. The van der Waals surface area contributed by atoms with E-state index in [1.165, 1.54) is 35.3 Å². The summed E-state index contributed by atoms with van der Waals surface area (Å²) in [5.41, 5.74) is 8.48. The molecule has 0 bridgehead atoms. The van der Waals surface area contributed by atoms with Crippen molar-refractivity contribution >= 4 is 23.2 Å². The first kappa shape index (κ1) is 28.5. The fraction of sp³-hybridized carbons (Fsp3) is 0.455. The van der Waals surface area contributed by atoms with Gasteiger partial charge < -0.3 is 16.0 Å². The van der Waals surface area contributed by atoms with Crippen LogP contribution < -0.4 is 11.1 Å². The van der Waals surface area contributed by atoms with Crippen LogP contribution in [-0.4, -0.2) is 59.9 Å². The van der Waals surface area contributed by atoms with Crippen molar-refractivity contribution in [2.75, 3.05) is 26.2 Å². The van der Waals surface area contributed by atoms with E-state index in [0.717, 1.165) is 38.9 Å². The van der Waals surface area contributed by atoms with Crippen molar-refractivity contribution in [1.29, 1.82) is 0 Å². The highest BCUT2D eigenvalue weighted by Crippen LogP contribution is 2.30. The number of nitrogens with two attached hydrogens (primary N) is 1.